The van der Waals surface area contributed by atoms with Gasteiger partial charge in [-0.1, -0.05) is 17.7 Å². The fraction of sp³-hybridized carbons (Fsp3) is 0.462. The summed E-state index contributed by atoms with van der Waals surface area (Å²) in [6.45, 7) is 1.85. The molecule has 3 nitrogen and oxygen atoms in total. The minimum Gasteiger partial charge on any atom is -0.480 e. The summed E-state index contributed by atoms with van der Waals surface area (Å²) < 4.78 is 13.0. The van der Waals surface area contributed by atoms with Gasteiger partial charge in [0.05, 0.1) is 5.02 Å². The Hall–Kier alpha value is -1.13. The number of rotatable bonds is 5. The molecule has 0 heterocycles. The van der Waals surface area contributed by atoms with Crippen molar-refractivity contribution in [3.63, 3.8) is 0 Å². The van der Waals surface area contributed by atoms with Gasteiger partial charge in [-0.05, 0) is 43.4 Å². The minimum absolute atomic E-state index is 0.0550. The first kappa shape index (κ1) is 13.3. The topological polar surface area (TPSA) is 49.3 Å². The van der Waals surface area contributed by atoms with E-state index in [-0.39, 0.29) is 17.0 Å². The number of carboxylic acids is 1. The summed E-state index contributed by atoms with van der Waals surface area (Å²) in [5.41, 5.74) is 0.785. The number of carbonyl (C=O) groups is 1. The van der Waals surface area contributed by atoms with Gasteiger partial charge in [0.1, 0.15) is 11.9 Å². The van der Waals surface area contributed by atoms with E-state index in [0.29, 0.717) is 0 Å². The lowest BCUT2D eigenvalue weighted by molar-refractivity contribution is -0.140. The fourth-order valence-corrected chi connectivity index (χ4v) is 2.17. The molecule has 0 amide bonds. The quantitative estimate of drug-likeness (QED) is 0.866. The van der Waals surface area contributed by atoms with Gasteiger partial charge in [-0.25, -0.2) is 4.39 Å². The van der Waals surface area contributed by atoms with Gasteiger partial charge in [0.2, 0.25) is 0 Å². The second kappa shape index (κ2) is 5.24. The molecule has 2 N–H and O–H groups in total. The van der Waals surface area contributed by atoms with Crippen molar-refractivity contribution in [2.24, 2.45) is 5.92 Å². The smallest absolute Gasteiger partial charge is 0.320 e. The Morgan fingerprint density at radius 1 is 1.56 bits per heavy atom. The molecular weight excluding hydrogens is 257 g/mol. The highest BCUT2D eigenvalue weighted by molar-refractivity contribution is 6.30. The third-order valence-corrected chi connectivity index (χ3v) is 3.52. The lowest BCUT2D eigenvalue weighted by atomic mass is 10.1. The average molecular weight is 272 g/mol. The van der Waals surface area contributed by atoms with Gasteiger partial charge >= 0.3 is 5.97 Å². The molecule has 2 rings (SSSR count). The Balaban J connectivity index is 2.08. The number of aliphatic carboxylic acids is 1. The van der Waals surface area contributed by atoms with E-state index in [1.54, 1.807) is 6.07 Å². The van der Waals surface area contributed by atoms with Gasteiger partial charge < -0.3 is 5.11 Å². The Kier molecular flexibility index (Phi) is 3.88. The van der Waals surface area contributed by atoms with E-state index >= 15 is 0 Å². The Bertz CT molecular complexity index is 462. The van der Waals surface area contributed by atoms with E-state index in [4.69, 9.17) is 16.7 Å². The number of halogens is 2. The summed E-state index contributed by atoms with van der Waals surface area (Å²) in [5.74, 6) is -1.09. The fourth-order valence-electron chi connectivity index (χ4n) is 1.99. The zero-order valence-electron chi connectivity index (χ0n) is 9.99. The van der Waals surface area contributed by atoms with Crippen molar-refractivity contribution < 1.29 is 14.3 Å². The molecule has 98 valence electrons. The number of hydrogen-bond donors (Lipinski definition) is 2. The molecule has 1 aromatic carbocycles. The second-order valence-electron chi connectivity index (χ2n) is 4.72. The first-order valence-corrected chi connectivity index (χ1v) is 6.30. The monoisotopic (exact) mass is 271 g/mol. The Morgan fingerprint density at radius 2 is 2.22 bits per heavy atom. The van der Waals surface area contributed by atoms with Gasteiger partial charge in [0.15, 0.2) is 0 Å². The van der Waals surface area contributed by atoms with E-state index in [1.165, 1.54) is 12.1 Å². The summed E-state index contributed by atoms with van der Waals surface area (Å²) in [6.07, 6.45) is 1.89. The maximum Gasteiger partial charge on any atom is 0.320 e. The molecule has 1 aromatic rings. The highest BCUT2D eigenvalue weighted by Gasteiger charge is 2.36. The van der Waals surface area contributed by atoms with Gasteiger partial charge in [0, 0.05) is 6.04 Å². The molecule has 1 aliphatic rings. The molecule has 0 aromatic heterocycles. The lowest BCUT2D eigenvalue weighted by Crippen LogP contribution is -2.40. The van der Waals surface area contributed by atoms with Crippen LogP contribution in [0.3, 0.4) is 0 Å². The molecule has 18 heavy (non-hydrogen) atoms. The van der Waals surface area contributed by atoms with Crippen LogP contribution in [-0.4, -0.2) is 17.1 Å². The number of hydrogen-bond acceptors (Lipinski definition) is 2. The number of nitrogens with one attached hydrogen (secondary N) is 1. The SMILES string of the molecule is CC(NC(C(=O)O)C1CC1)c1ccc(F)c(Cl)c1. The van der Waals surface area contributed by atoms with Crippen molar-refractivity contribution >= 4 is 17.6 Å². The van der Waals surface area contributed by atoms with Gasteiger partial charge in [0.25, 0.3) is 0 Å². The van der Waals surface area contributed by atoms with Crippen molar-refractivity contribution in [2.75, 3.05) is 0 Å². The van der Waals surface area contributed by atoms with E-state index in [0.717, 1.165) is 18.4 Å². The molecule has 0 spiro atoms. The first-order chi connectivity index (χ1) is 8.49. The molecule has 1 aliphatic carbocycles. The van der Waals surface area contributed by atoms with Gasteiger partial charge in [-0.15, -0.1) is 0 Å². The first-order valence-electron chi connectivity index (χ1n) is 5.93. The van der Waals surface area contributed by atoms with Crippen LogP contribution in [-0.2, 0) is 4.79 Å². The number of carboxylic acid groups (broad SMARTS) is 1. The van der Waals surface area contributed by atoms with Crippen LogP contribution in [0.2, 0.25) is 5.02 Å². The normalized spacial score (nSPS) is 18.4. The molecule has 5 heteroatoms. The van der Waals surface area contributed by atoms with Gasteiger partial charge in [-0.2, -0.15) is 0 Å². The zero-order valence-corrected chi connectivity index (χ0v) is 10.7. The molecule has 0 bridgehead atoms. The van der Waals surface area contributed by atoms with Crippen LogP contribution in [0.15, 0.2) is 18.2 Å². The van der Waals surface area contributed by atoms with Crippen molar-refractivity contribution in [2.45, 2.75) is 31.8 Å². The molecule has 0 saturated heterocycles. The Labute approximate surface area is 110 Å². The maximum atomic E-state index is 13.0. The van der Waals surface area contributed by atoms with Crippen molar-refractivity contribution in [1.29, 1.82) is 0 Å². The molecule has 2 atom stereocenters. The van der Waals surface area contributed by atoms with Crippen molar-refractivity contribution in [3.8, 4) is 0 Å². The Morgan fingerprint density at radius 3 is 2.72 bits per heavy atom. The summed E-state index contributed by atoms with van der Waals surface area (Å²) in [6, 6.07) is 3.72. The largest absolute Gasteiger partial charge is 0.480 e. The van der Waals surface area contributed by atoms with Crippen LogP contribution < -0.4 is 5.32 Å². The van der Waals surface area contributed by atoms with Crippen LogP contribution in [0, 0.1) is 11.7 Å². The number of benzene rings is 1. The van der Waals surface area contributed by atoms with E-state index < -0.39 is 17.8 Å². The average Bonchev–Trinajstić information content (AvgIpc) is 3.13. The van der Waals surface area contributed by atoms with Crippen molar-refractivity contribution in [1.82, 2.24) is 5.32 Å². The molecule has 2 unspecified atom stereocenters. The summed E-state index contributed by atoms with van der Waals surface area (Å²) in [7, 11) is 0. The summed E-state index contributed by atoms with van der Waals surface area (Å²) in [5, 5.41) is 12.2. The third kappa shape index (κ3) is 3.00. The van der Waals surface area contributed by atoms with E-state index in [9.17, 15) is 9.18 Å². The summed E-state index contributed by atoms with van der Waals surface area (Å²) in [4.78, 5) is 11.1. The van der Waals surface area contributed by atoms with Crippen molar-refractivity contribution in [3.05, 3.63) is 34.6 Å². The van der Waals surface area contributed by atoms with Crippen LogP contribution >= 0.6 is 11.6 Å². The van der Waals surface area contributed by atoms with Crippen LogP contribution in [0.5, 0.6) is 0 Å². The molecular formula is C13H15ClFNO2. The molecule has 1 fully saturated rings. The predicted octanol–water partition coefficient (Wildman–Crippen LogP) is 2.99. The highest BCUT2D eigenvalue weighted by atomic mass is 35.5. The summed E-state index contributed by atoms with van der Waals surface area (Å²) >= 11 is 5.71. The lowest BCUT2D eigenvalue weighted by Gasteiger charge is -2.20. The van der Waals surface area contributed by atoms with E-state index in [2.05, 4.69) is 5.32 Å². The zero-order chi connectivity index (χ0) is 13.3. The standard InChI is InChI=1S/C13H15ClFNO2/c1-7(9-4-5-11(15)10(14)6-9)16-12(13(17)18)8-2-3-8/h4-8,12,16H,2-3H2,1H3,(H,17,18). The minimum atomic E-state index is -0.836. The van der Waals surface area contributed by atoms with Crippen LogP contribution in [0.1, 0.15) is 31.4 Å². The molecule has 0 aliphatic heterocycles. The molecule has 1 saturated carbocycles. The third-order valence-electron chi connectivity index (χ3n) is 3.23. The predicted molar refractivity (Wildman–Crippen MR) is 67.1 cm³/mol. The molecule has 0 radical (unpaired) electrons. The maximum absolute atomic E-state index is 13.0. The van der Waals surface area contributed by atoms with E-state index in [1.807, 2.05) is 6.92 Å². The van der Waals surface area contributed by atoms with Crippen LogP contribution in [0.4, 0.5) is 4.39 Å². The highest BCUT2D eigenvalue weighted by Crippen LogP contribution is 2.34. The van der Waals surface area contributed by atoms with Crippen LogP contribution in [0.25, 0.3) is 0 Å². The second-order valence-corrected chi connectivity index (χ2v) is 5.12. The van der Waals surface area contributed by atoms with Gasteiger partial charge in [-0.3, -0.25) is 10.1 Å².